The predicted molar refractivity (Wildman–Crippen MR) is 150 cm³/mol. The minimum atomic E-state index is -2.35. The highest BCUT2D eigenvalue weighted by Crippen LogP contribution is 2.45. The summed E-state index contributed by atoms with van der Waals surface area (Å²) in [6.07, 6.45) is 2.29. The number of ether oxygens (including phenoxy) is 3. The van der Waals surface area contributed by atoms with E-state index in [9.17, 15) is 14.0 Å². The maximum Gasteiger partial charge on any atom is 0.410 e. The lowest BCUT2D eigenvalue weighted by Gasteiger charge is -2.39. The molecule has 1 heterocycles. The van der Waals surface area contributed by atoms with Gasteiger partial charge in [0.1, 0.15) is 17.4 Å². The summed E-state index contributed by atoms with van der Waals surface area (Å²) in [6.45, 7) is 10.1. The summed E-state index contributed by atoms with van der Waals surface area (Å²) >= 11 is 0. The van der Waals surface area contributed by atoms with E-state index in [0.717, 1.165) is 0 Å². The summed E-state index contributed by atoms with van der Waals surface area (Å²) in [5, 5.41) is 0. The van der Waals surface area contributed by atoms with Crippen LogP contribution >= 0.6 is 0 Å². The van der Waals surface area contributed by atoms with Crippen LogP contribution in [-0.2, 0) is 14.2 Å². The van der Waals surface area contributed by atoms with Gasteiger partial charge >= 0.3 is 12.2 Å². The Balaban J connectivity index is 1.85. The smallest absolute Gasteiger partial charge is 0.410 e. The number of hydrogen-bond acceptors (Lipinski definition) is 6. The Morgan fingerprint density at radius 1 is 1.10 bits per heavy atom. The van der Waals surface area contributed by atoms with Gasteiger partial charge in [-0.05, 0) is 53.5 Å². The Morgan fingerprint density at radius 3 is 2.33 bits per heavy atom. The molecule has 1 aliphatic heterocycles. The summed E-state index contributed by atoms with van der Waals surface area (Å²) in [5.74, 6) is -3.26. The van der Waals surface area contributed by atoms with Crippen molar-refractivity contribution in [2.75, 3.05) is 26.7 Å². The lowest BCUT2D eigenvalue weighted by atomic mass is 9.80. The Morgan fingerprint density at radius 2 is 1.73 bits per heavy atom. The molecule has 5 unspecified atom stereocenters. The van der Waals surface area contributed by atoms with Gasteiger partial charge in [-0.1, -0.05) is 48.6 Å². The first-order valence-corrected chi connectivity index (χ1v) is 13.6. The molecule has 0 aromatic heterocycles. The van der Waals surface area contributed by atoms with E-state index in [-0.39, 0.29) is 31.7 Å². The Hall–Kier alpha value is -2.98. The Labute approximate surface area is 236 Å². The molecule has 2 amide bonds. The first-order chi connectivity index (χ1) is 18.5. The van der Waals surface area contributed by atoms with E-state index >= 15 is 4.39 Å². The van der Waals surface area contributed by atoms with Crippen molar-refractivity contribution in [3.63, 3.8) is 0 Å². The summed E-state index contributed by atoms with van der Waals surface area (Å²) < 4.78 is 48.9. The van der Waals surface area contributed by atoms with E-state index in [1.165, 1.54) is 9.80 Å². The van der Waals surface area contributed by atoms with Crippen molar-refractivity contribution in [3.05, 3.63) is 54.1 Å². The molecule has 2 aliphatic rings. The standard InChI is InChI=1S/C30H43F2N3O5/c1-28(2,3)39-26(36)34(7)16-17-38-30(32)21(14-11-15-22(30)20-12-9-8-10-13-20)18-24-25(33)23(31)19-35(24)27(37)40-29(4,5)6/h8-15,21,23-25H,16-19,33H2,1-7H3. The number of rotatable bonds is 7. The second-order valence-electron chi connectivity index (χ2n) is 12.4. The van der Waals surface area contributed by atoms with Gasteiger partial charge in [0.05, 0.1) is 25.2 Å². The number of halogens is 2. The van der Waals surface area contributed by atoms with Crippen LogP contribution in [0.4, 0.5) is 18.4 Å². The highest BCUT2D eigenvalue weighted by atomic mass is 19.2. The molecule has 8 nitrogen and oxygen atoms in total. The third-order valence-corrected chi connectivity index (χ3v) is 6.74. The monoisotopic (exact) mass is 563 g/mol. The topological polar surface area (TPSA) is 94.3 Å². The van der Waals surface area contributed by atoms with E-state index in [1.807, 2.05) is 6.07 Å². The van der Waals surface area contributed by atoms with Gasteiger partial charge in [-0.3, -0.25) is 0 Å². The summed E-state index contributed by atoms with van der Waals surface area (Å²) in [5.41, 5.74) is 5.64. The van der Waals surface area contributed by atoms with E-state index in [2.05, 4.69) is 0 Å². The third-order valence-electron chi connectivity index (χ3n) is 6.74. The number of hydrogen-bond donors (Lipinski definition) is 1. The average Bonchev–Trinajstić information content (AvgIpc) is 3.12. The fourth-order valence-corrected chi connectivity index (χ4v) is 4.78. The van der Waals surface area contributed by atoms with Crippen molar-refractivity contribution in [1.82, 2.24) is 9.80 Å². The molecule has 222 valence electrons. The van der Waals surface area contributed by atoms with Gasteiger partial charge in [0.2, 0.25) is 5.85 Å². The molecule has 10 heteroatoms. The number of nitrogens with zero attached hydrogens (tertiary/aromatic N) is 2. The minimum Gasteiger partial charge on any atom is -0.444 e. The quantitative estimate of drug-likeness (QED) is 0.472. The summed E-state index contributed by atoms with van der Waals surface area (Å²) in [7, 11) is 1.55. The van der Waals surface area contributed by atoms with Crippen molar-refractivity contribution in [2.45, 2.75) is 83.3 Å². The maximum absolute atomic E-state index is 17.2. The van der Waals surface area contributed by atoms with Gasteiger partial charge in [-0.15, -0.1) is 0 Å². The normalized spacial score (nSPS) is 26.9. The van der Waals surface area contributed by atoms with Gasteiger partial charge in [0, 0.05) is 25.1 Å². The zero-order chi connectivity index (χ0) is 29.9. The average molecular weight is 564 g/mol. The maximum atomic E-state index is 17.2. The van der Waals surface area contributed by atoms with Crippen molar-refractivity contribution >= 4 is 17.8 Å². The molecule has 1 aliphatic carbocycles. The van der Waals surface area contributed by atoms with Gasteiger partial charge in [-0.25, -0.2) is 18.4 Å². The second-order valence-corrected chi connectivity index (χ2v) is 12.4. The van der Waals surface area contributed by atoms with Crippen molar-refractivity contribution < 1.29 is 32.6 Å². The molecule has 2 N–H and O–H groups in total. The van der Waals surface area contributed by atoms with Crippen LogP contribution in [0.5, 0.6) is 0 Å². The van der Waals surface area contributed by atoms with Crippen molar-refractivity contribution in [3.8, 4) is 0 Å². The predicted octanol–water partition coefficient (Wildman–Crippen LogP) is 5.48. The molecule has 1 aromatic carbocycles. The third kappa shape index (κ3) is 7.81. The van der Waals surface area contributed by atoms with Crippen LogP contribution in [0.1, 0.15) is 53.5 Å². The summed E-state index contributed by atoms with van der Waals surface area (Å²) in [4.78, 5) is 27.9. The fraction of sp³-hybridized carbons (Fsp3) is 0.600. The molecular weight excluding hydrogens is 520 g/mol. The molecule has 40 heavy (non-hydrogen) atoms. The van der Waals surface area contributed by atoms with E-state index in [1.54, 1.807) is 91.1 Å². The lowest BCUT2D eigenvalue weighted by Crippen LogP contribution is -2.49. The molecule has 0 spiro atoms. The highest BCUT2D eigenvalue weighted by Gasteiger charge is 2.50. The van der Waals surface area contributed by atoms with Crippen LogP contribution < -0.4 is 5.73 Å². The first kappa shape index (κ1) is 31.5. The van der Waals surface area contributed by atoms with Crippen LogP contribution in [0.2, 0.25) is 0 Å². The summed E-state index contributed by atoms with van der Waals surface area (Å²) in [6, 6.07) is 7.13. The van der Waals surface area contributed by atoms with Crippen LogP contribution in [0.3, 0.4) is 0 Å². The second kappa shape index (κ2) is 12.3. The largest absolute Gasteiger partial charge is 0.444 e. The first-order valence-electron chi connectivity index (χ1n) is 13.6. The number of amides is 2. The minimum absolute atomic E-state index is 0.0000911. The van der Waals surface area contributed by atoms with Crippen LogP contribution in [0, 0.1) is 5.92 Å². The number of likely N-dealkylation sites (tertiary alicyclic amines) is 1. The van der Waals surface area contributed by atoms with E-state index in [4.69, 9.17) is 19.9 Å². The lowest BCUT2D eigenvalue weighted by molar-refractivity contribution is -0.132. The Bertz CT molecular complexity index is 1100. The van der Waals surface area contributed by atoms with Crippen molar-refractivity contribution in [1.29, 1.82) is 0 Å². The molecule has 0 saturated carbocycles. The molecule has 1 saturated heterocycles. The SMILES string of the molecule is CN(CCOC1(F)C(c2ccccc2)=CC=CC1CC1C(N)C(F)CN1C(=O)OC(C)(C)C)C(=O)OC(C)(C)C. The van der Waals surface area contributed by atoms with Gasteiger partial charge in [-0.2, -0.15) is 0 Å². The van der Waals surface area contributed by atoms with Gasteiger partial charge in [0.15, 0.2) is 0 Å². The fourth-order valence-electron chi connectivity index (χ4n) is 4.78. The van der Waals surface area contributed by atoms with E-state index in [0.29, 0.717) is 5.56 Å². The zero-order valence-electron chi connectivity index (χ0n) is 24.5. The number of nitrogens with two attached hydrogens (primary N) is 1. The number of alkyl halides is 2. The van der Waals surface area contributed by atoms with Crippen molar-refractivity contribution in [2.24, 2.45) is 11.7 Å². The number of benzene rings is 1. The molecule has 5 atom stereocenters. The zero-order valence-corrected chi connectivity index (χ0v) is 24.5. The van der Waals surface area contributed by atoms with Gasteiger partial charge < -0.3 is 29.7 Å². The molecular formula is C30H43F2N3O5. The molecule has 0 bridgehead atoms. The number of allylic oxidation sites excluding steroid dienone is 2. The van der Waals surface area contributed by atoms with Crippen LogP contribution in [0.25, 0.3) is 5.57 Å². The number of likely N-dealkylation sites (N-methyl/N-ethyl adjacent to an activating group) is 1. The van der Waals surface area contributed by atoms with E-state index < -0.39 is 53.4 Å². The number of carbonyl (C=O) groups is 2. The molecule has 1 fully saturated rings. The highest BCUT2D eigenvalue weighted by molar-refractivity contribution is 5.74. The molecule has 3 rings (SSSR count). The van der Waals surface area contributed by atoms with Crippen LogP contribution in [0.15, 0.2) is 48.6 Å². The van der Waals surface area contributed by atoms with Crippen LogP contribution in [-0.4, -0.2) is 84.0 Å². The molecule has 1 aromatic rings. The Kier molecular flexibility index (Phi) is 9.67. The molecule has 0 radical (unpaired) electrons. The number of carbonyl (C=O) groups excluding carboxylic acids is 2. The van der Waals surface area contributed by atoms with Gasteiger partial charge in [0.25, 0.3) is 0 Å².